The Morgan fingerprint density at radius 1 is 1.42 bits per heavy atom. The Kier molecular flexibility index (Phi) is 6.59. The largest absolute Gasteiger partial charge is 0.455 e. The predicted octanol–water partition coefficient (Wildman–Crippen LogP) is 1.89. The molecule has 0 unspecified atom stereocenters. The maximum atomic E-state index is 11.9. The van der Waals surface area contributed by atoms with Crippen LogP contribution in [-0.2, 0) is 11.3 Å². The molecular weight excluding hydrogens is 244 g/mol. The highest BCUT2D eigenvalue weighted by Crippen LogP contribution is 2.09. The first kappa shape index (κ1) is 15.7. The summed E-state index contributed by atoms with van der Waals surface area (Å²) in [4.78, 5) is 13.9. The Morgan fingerprint density at radius 2 is 2.16 bits per heavy atom. The molecule has 0 aliphatic rings. The summed E-state index contributed by atoms with van der Waals surface area (Å²) in [5.74, 6) is 0.943. The molecule has 5 nitrogen and oxygen atoms in total. The van der Waals surface area contributed by atoms with E-state index in [2.05, 4.69) is 5.32 Å². The Balaban J connectivity index is 2.46. The third kappa shape index (κ3) is 5.44. The molecule has 0 aliphatic heterocycles. The summed E-state index contributed by atoms with van der Waals surface area (Å²) in [6.07, 6.45) is 0.934. The monoisotopic (exact) mass is 268 g/mol. The molecule has 1 amide bonds. The van der Waals surface area contributed by atoms with Crippen LogP contribution in [0.1, 0.15) is 36.6 Å². The van der Waals surface area contributed by atoms with E-state index in [4.69, 9.17) is 9.15 Å². The van der Waals surface area contributed by atoms with Gasteiger partial charge in [-0.2, -0.15) is 0 Å². The summed E-state index contributed by atoms with van der Waals surface area (Å²) in [7, 11) is 3.91. The molecular formula is C14H24N2O3. The maximum absolute atomic E-state index is 11.9. The van der Waals surface area contributed by atoms with Crippen molar-refractivity contribution in [2.45, 2.75) is 32.9 Å². The summed E-state index contributed by atoms with van der Waals surface area (Å²) in [5.41, 5.74) is 0. The van der Waals surface area contributed by atoms with Crippen LogP contribution in [0.2, 0.25) is 0 Å². The van der Waals surface area contributed by atoms with Gasteiger partial charge >= 0.3 is 0 Å². The Bertz CT molecular complexity index is 388. The van der Waals surface area contributed by atoms with E-state index in [-0.39, 0.29) is 12.0 Å². The van der Waals surface area contributed by atoms with Gasteiger partial charge in [0.1, 0.15) is 5.76 Å². The first-order valence-corrected chi connectivity index (χ1v) is 6.70. The van der Waals surface area contributed by atoms with Gasteiger partial charge in [0.05, 0.1) is 12.6 Å². The molecule has 0 fully saturated rings. The topological polar surface area (TPSA) is 54.7 Å². The lowest BCUT2D eigenvalue weighted by molar-refractivity contribution is 0.0562. The normalized spacial score (nSPS) is 12.7. The zero-order valence-electron chi connectivity index (χ0n) is 12.2. The van der Waals surface area contributed by atoms with Crippen LogP contribution in [0.25, 0.3) is 0 Å². The first-order chi connectivity index (χ1) is 9.06. The number of nitrogens with zero attached hydrogens (tertiary/aromatic N) is 1. The highest BCUT2D eigenvalue weighted by molar-refractivity contribution is 5.91. The lowest BCUT2D eigenvalue weighted by Crippen LogP contribution is -2.33. The van der Waals surface area contributed by atoms with Crippen LogP contribution in [-0.4, -0.2) is 44.2 Å². The van der Waals surface area contributed by atoms with E-state index in [1.54, 1.807) is 6.07 Å². The molecule has 1 N–H and O–H groups in total. The van der Waals surface area contributed by atoms with Crippen LogP contribution < -0.4 is 5.32 Å². The second-order valence-corrected chi connectivity index (χ2v) is 4.70. The number of hydrogen-bond donors (Lipinski definition) is 1. The van der Waals surface area contributed by atoms with E-state index in [9.17, 15) is 4.79 Å². The number of carbonyl (C=O) groups excluding carboxylic acids is 1. The molecule has 1 aromatic rings. The van der Waals surface area contributed by atoms with Gasteiger partial charge in [0.25, 0.3) is 5.91 Å². The molecule has 0 saturated carbocycles. The fraction of sp³-hybridized carbons (Fsp3) is 0.643. The molecule has 108 valence electrons. The van der Waals surface area contributed by atoms with Gasteiger partial charge in [0.15, 0.2) is 5.76 Å². The van der Waals surface area contributed by atoms with Crippen molar-refractivity contribution in [2.75, 3.05) is 27.2 Å². The summed E-state index contributed by atoms with van der Waals surface area (Å²) >= 11 is 0. The van der Waals surface area contributed by atoms with Crippen molar-refractivity contribution >= 4 is 5.91 Å². The highest BCUT2D eigenvalue weighted by Gasteiger charge is 2.13. The number of carbonyl (C=O) groups is 1. The zero-order chi connectivity index (χ0) is 14.3. The van der Waals surface area contributed by atoms with Crippen LogP contribution in [0.5, 0.6) is 0 Å². The standard InChI is InChI=1S/C14H24N2O3/c1-5-11(18-6-2)9-15-14(17)13-8-7-12(19-13)10-16(3)4/h7-8,11H,5-6,9-10H2,1-4H3,(H,15,17)/t11-/m0/s1. The molecule has 5 heteroatoms. The molecule has 0 saturated heterocycles. The van der Waals surface area contributed by atoms with E-state index in [0.717, 1.165) is 12.2 Å². The van der Waals surface area contributed by atoms with Gasteiger partial charge in [-0.05, 0) is 39.6 Å². The average molecular weight is 268 g/mol. The highest BCUT2D eigenvalue weighted by atomic mass is 16.5. The summed E-state index contributed by atoms with van der Waals surface area (Å²) in [6, 6.07) is 3.53. The second-order valence-electron chi connectivity index (χ2n) is 4.70. The Labute approximate surface area is 114 Å². The molecule has 0 radical (unpaired) electrons. The van der Waals surface area contributed by atoms with Crippen LogP contribution >= 0.6 is 0 Å². The van der Waals surface area contributed by atoms with Crippen LogP contribution in [0.4, 0.5) is 0 Å². The van der Waals surface area contributed by atoms with E-state index in [1.807, 2.05) is 38.9 Å². The summed E-state index contributed by atoms with van der Waals surface area (Å²) in [5, 5.41) is 2.83. The van der Waals surface area contributed by atoms with Gasteiger partial charge < -0.3 is 19.4 Å². The smallest absolute Gasteiger partial charge is 0.287 e. The lowest BCUT2D eigenvalue weighted by atomic mass is 10.2. The molecule has 0 aliphatic carbocycles. The van der Waals surface area contributed by atoms with Crippen molar-refractivity contribution in [1.82, 2.24) is 10.2 Å². The van der Waals surface area contributed by atoms with Crippen LogP contribution in [0.15, 0.2) is 16.5 Å². The van der Waals surface area contributed by atoms with E-state index in [0.29, 0.717) is 25.5 Å². The van der Waals surface area contributed by atoms with Gasteiger partial charge in [0.2, 0.25) is 0 Å². The number of ether oxygens (including phenoxy) is 1. The third-order valence-electron chi connectivity index (χ3n) is 2.71. The van der Waals surface area contributed by atoms with E-state index in [1.165, 1.54) is 0 Å². The minimum Gasteiger partial charge on any atom is -0.455 e. The van der Waals surface area contributed by atoms with Crippen molar-refractivity contribution < 1.29 is 13.9 Å². The first-order valence-electron chi connectivity index (χ1n) is 6.70. The zero-order valence-corrected chi connectivity index (χ0v) is 12.2. The van der Waals surface area contributed by atoms with Crippen molar-refractivity contribution in [3.05, 3.63) is 23.7 Å². The van der Waals surface area contributed by atoms with E-state index >= 15 is 0 Å². The quantitative estimate of drug-likeness (QED) is 0.782. The number of furan rings is 1. The Morgan fingerprint density at radius 3 is 2.74 bits per heavy atom. The average Bonchev–Trinajstić information content (AvgIpc) is 2.81. The number of amides is 1. The molecule has 19 heavy (non-hydrogen) atoms. The fourth-order valence-electron chi connectivity index (χ4n) is 1.75. The second kappa shape index (κ2) is 7.96. The molecule has 0 spiro atoms. The van der Waals surface area contributed by atoms with Gasteiger partial charge in [-0.15, -0.1) is 0 Å². The van der Waals surface area contributed by atoms with Gasteiger partial charge in [-0.1, -0.05) is 6.92 Å². The minimum absolute atomic E-state index is 0.0603. The van der Waals surface area contributed by atoms with Crippen molar-refractivity contribution in [1.29, 1.82) is 0 Å². The van der Waals surface area contributed by atoms with Crippen molar-refractivity contribution in [3.63, 3.8) is 0 Å². The summed E-state index contributed by atoms with van der Waals surface area (Å²) < 4.78 is 11.0. The third-order valence-corrected chi connectivity index (χ3v) is 2.71. The number of rotatable bonds is 8. The minimum atomic E-state index is -0.192. The van der Waals surface area contributed by atoms with Crippen molar-refractivity contribution in [3.8, 4) is 0 Å². The molecule has 1 atom stereocenters. The molecule has 1 heterocycles. The maximum Gasteiger partial charge on any atom is 0.287 e. The number of nitrogens with one attached hydrogen (secondary N) is 1. The molecule has 1 rings (SSSR count). The predicted molar refractivity (Wildman–Crippen MR) is 74.1 cm³/mol. The molecule has 0 bridgehead atoms. The number of hydrogen-bond acceptors (Lipinski definition) is 4. The van der Waals surface area contributed by atoms with E-state index < -0.39 is 0 Å². The van der Waals surface area contributed by atoms with Crippen molar-refractivity contribution in [2.24, 2.45) is 0 Å². The van der Waals surface area contributed by atoms with Gasteiger partial charge in [-0.3, -0.25) is 4.79 Å². The van der Waals surface area contributed by atoms with Gasteiger partial charge in [-0.25, -0.2) is 0 Å². The van der Waals surface area contributed by atoms with Crippen LogP contribution in [0.3, 0.4) is 0 Å². The fourth-order valence-corrected chi connectivity index (χ4v) is 1.75. The molecule has 1 aromatic heterocycles. The summed E-state index contributed by atoms with van der Waals surface area (Å²) in [6.45, 7) is 5.83. The Hall–Kier alpha value is -1.33. The van der Waals surface area contributed by atoms with Gasteiger partial charge in [0, 0.05) is 13.2 Å². The molecule has 0 aromatic carbocycles. The SMILES string of the molecule is CCO[C@@H](CC)CNC(=O)c1ccc(CN(C)C)o1. The lowest BCUT2D eigenvalue weighted by Gasteiger charge is -2.15. The van der Waals surface area contributed by atoms with Crippen LogP contribution in [0, 0.1) is 0 Å².